The van der Waals surface area contributed by atoms with Crippen LogP contribution in [0.15, 0.2) is 72.8 Å². The first-order valence-corrected chi connectivity index (χ1v) is 11.7. The molecule has 0 saturated carbocycles. The third-order valence-electron chi connectivity index (χ3n) is 6.09. The first kappa shape index (κ1) is 24.3. The summed E-state index contributed by atoms with van der Waals surface area (Å²) in [7, 11) is 1.87. The molecule has 5 rings (SSSR count). The van der Waals surface area contributed by atoms with Gasteiger partial charge in [-0.25, -0.2) is 18.2 Å². The Hall–Kier alpha value is -4.40. The first-order chi connectivity index (χ1) is 17.9. The van der Waals surface area contributed by atoms with Gasteiger partial charge >= 0.3 is 0 Å². The number of amides is 1. The molecule has 3 aromatic carbocycles. The number of benzene rings is 3. The van der Waals surface area contributed by atoms with E-state index in [0.29, 0.717) is 42.0 Å². The fourth-order valence-corrected chi connectivity index (χ4v) is 4.18. The minimum atomic E-state index is -0.923. The number of nitrogens with zero attached hydrogens (tertiary/aromatic N) is 4. The van der Waals surface area contributed by atoms with Crippen LogP contribution in [-0.4, -0.2) is 34.4 Å². The van der Waals surface area contributed by atoms with Crippen LogP contribution in [0.5, 0.6) is 11.6 Å². The second-order valence-corrected chi connectivity index (χ2v) is 8.75. The molecule has 1 aromatic heterocycles. The molecule has 0 atom stereocenters. The van der Waals surface area contributed by atoms with Crippen LogP contribution in [-0.2, 0) is 19.5 Å². The molecule has 0 fully saturated rings. The molecule has 0 aliphatic carbocycles. The van der Waals surface area contributed by atoms with E-state index in [2.05, 4.69) is 4.98 Å². The van der Waals surface area contributed by atoms with Gasteiger partial charge in [-0.05, 0) is 42.0 Å². The normalized spacial score (nSPS) is 12.7. The van der Waals surface area contributed by atoms with Crippen molar-refractivity contribution in [3.05, 3.63) is 113 Å². The molecule has 0 spiro atoms. The summed E-state index contributed by atoms with van der Waals surface area (Å²) in [6.07, 6.45) is 0.387. The molecule has 6 nitrogen and oxygen atoms in total. The van der Waals surface area contributed by atoms with Gasteiger partial charge in [0.05, 0.1) is 23.4 Å². The zero-order valence-corrected chi connectivity index (χ0v) is 20.0. The van der Waals surface area contributed by atoms with Gasteiger partial charge in [0, 0.05) is 32.6 Å². The maximum Gasteiger partial charge on any atom is 0.257 e. The first-order valence-electron chi connectivity index (χ1n) is 11.7. The van der Waals surface area contributed by atoms with Gasteiger partial charge in [0.1, 0.15) is 23.2 Å². The Morgan fingerprint density at radius 3 is 2.43 bits per heavy atom. The number of hydrogen-bond donors (Lipinski definition) is 0. The summed E-state index contributed by atoms with van der Waals surface area (Å²) >= 11 is 0. The SMILES string of the molecule is CN(Cc1ccccc1)c1nc2c(c(Oc3ccc(F)cc3)n1)CN(C(=O)c1ccc(F)cc1F)CC2. The van der Waals surface area contributed by atoms with E-state index in [1.807, 2.05) is 42.3 Å². The highest BCUT2D eigenvalue weighted by Crippen LogP contribution is 2.32. The number of halogens is 3. The standard InChI is InChI=1S/C28H23F3N4O2/c1-34(16-18-5-3-2-4-6-18)28-32-25-13-14-35(27(36)22-12-9-20(30)15-24(22)31)17-23(25)26(33-28)37-21-10-7-19(29)8-11-21/h2-12,15H,13-14,16-17H2,1H3. The summed E-state index contributed by atoms with van der Waals surface area (Å²) in [6, 6.07) is 18.2. The van der Waals surface area contributed by atoms with Gasteiger partial charge in [0.25, 0.3) is 5.91 Å². The minimum Gasteiger partial charge on any atom is -0.438 e. The monoisotopic (exact) mass is 504 g/mol. The predicted octanol–water partition coefficient (Wildman–Crippen LogP) is 5.52. The molecule has 0 N–H and O–H groups in total. The Labute approximate surface area is 212 Å². The third-order valence-corrected chi connectivity index (χ3v) is 6.09. The molecule has 37 heavy (non-hydrogen) atoms. The number of aromatic nitrogens is 2. The van der Waals surface area contributed by atoms with E-state index in [1.165, 1.54) is 29.2 Å². The average molecular weight is 505 g/mol. The van der Waals surface area contributed by atoms with Crippen LogP contribution in [0.25, 0.3) is 0 Å². The molecule has 1 aliphatic heterocycles. The van der Waals surface area contributed by atoms with E-state index in [9.17, 15) is 18.0 Å². The summed E-state index contributed by atoms with van der Waals surface area (Å²) < 4.78 is 47.1. The molecule has 0 radical (unpaired) electrons. The topological polar surface area (TPSA) is 58.6 Å². The number of anilines is 1. The molecule has 1 amide bonds. The number of fused-ring (bicyclic) bond motifs is 1. The van der Waals surface area contributed by atoms with Crippen LogP contribution in [0.2, 0.25) is 0 Å². The van der Waals surface area contributed by atoms with E-state index < -0.39 is 23.4 Å². The minimum absolute atomic E-state index is 0.0736. The van der Waals surface area contributed by atoms with Crippen LogP contribution in [0.3, 0.4) is 0 Å². The summed E-state index contributed by atoms with van der Waals surface area (Å²) in [5, 5.41) is 0. The smallest absolute Gasteiger partial charge is 0.257 e. The highest BCUT2D eigenvalue weighted by molar-refractivity contribution is 5.94. The number of hydrogen-bond acceptors (Lipinski definition) is 5. The zero-order chi connectivity index (χ0) is 25.9. The lowest BCUT2D eigenvalue weighted by atomic mass is 10.0. The quantitative estimate of drug-likeness (QED) is 0.346. The van der Waals surface area contributed by atoms with E-state index in [1.54, 1.807) is 0 Å². The summed E-state index contributed by atoms with van der Waals surface area (Å²) in [6.45, 7) is 0.922. The Kier molecular flexibility index (Phi) is 6.76. The number of carbonyl (C=O) groups is 1. The summed E-state index contributed by atoms with van der Waals surface area (Å²) in [5.74, 6) is -1.62. The highest BCUT2D eigenvalue weighted by atomic mass is 19.1. The van der Waals surface area contributed by atoms with Crippen molar-refractivity contribution >= 4 is 11.9 Å². The molecule has 0 unspecified atom stereocenters. The van der Waals surface area contributed by atoms with Crippen LogP contribution in [0.1, 0.15) is 27.2 Å². The summed E-state index contributed by atoms with van der Waals surface area (Å²) in [5.41, 5.74) is 2.13. The van der Waals surface area contributed by atoms with Gasteiger partial charge in [-0.2, -0.15) is 4.98 Å². The van der Waals surface area contributed by atoms with Gasteiger partial charge in [0.15, 0.2) is 0 Å². The fraction of sp³-hybridized carbons (Fsp3) is 0.179. The van der Waals surface area contributed by atoms with Gasteiger partial charge in [0.2, 0.25) is 11.8 Å². The van der Waals surface area contributed by atoms with Crippen molar-refractivity contribution in [3.63, 3.8) is 0 Å². The maximum atomic E-state index is 14.3. The van der Waals surface area contributed by atoms with Crippen molar-refractivity contribution in [1.82, 2.24) is 14.9 Å². The van der Waals surface area contributed by atoms with Gasteiger partial charge < -0.3 is 14.5 Å². The van der Waals surface area contributed by atoms with Crippen molar-refractivity contribution in [2.45, 2.75) is 19.5 Å². The van der Waals surface area contributed by atoms with E-state index >= 15 is 0 Å². The van der Waals surface area contributed by atoms with Crippen molar-refractivity contribution in [3.8, 4) is 11.6 Å². The Bertz CT molecular complexity index is 1430. The molecule has 2 heterocycles. The number of ether oxygens (including phenoxy) is 1. The third kappa shape index (κ3) is 5.40. The van der Waals surface area contributed by atoms with Gasteiger partial charge in [-0.3, -0.25) is 4.79 Å². The average Bonchev–Trinajstić information content (AvgIpc) is 2.90. The van der Waals surface area contributed by atoms with Crippen molar-refractivity contribution in [2.24, 2.45) is 0 Å². The molecule has 4 aromatic rings. The lowest BCUT2D eigenvalue weighted by Gasteiger charge is -2.30. The maximum absolute atomic E-state index is 14.3. The predicted molar refractivity (Wildman–Crippen MR) is 132 cm³/mol. The Morgan fingerprint density at radius 1 is 0.973 bits per heavy atom. The molecular weight excluding hydrogens is 481 g/mol. The van der Waals surface area contributed by atoms with Gasteiger partial charge in [-0.15, -0.1) is 0 Å². The lowest BCUT2D eigenvalue weighted by Crippen LogP contribution is -2.37. The van der Waals surface area contributed by atoms with Crippen LogP contribution in [0, 0.1) is 17.5 Å². The van der Waals surface area contributed by atoms with E-state index in [-0.39, 0.29) is 24.5 Å². The number of carbonyl (C=O) groups excluding carboxylic acids is 1. The van der Waals surface area contributed by atoms with Crippen LogP contribution in [0.4, 0.5) is 19.1 Å². The largest absolute Gasteiger partial charge is 0.438 e. The molecule has 188 valence electrons. The lowest BCUT2D eigenvalue weighted by molar-refractivity contribution is 0.0727. The second kappa shape index (κ2) is 10.3. The Balaban J connectivity index is 1.48. The second-order valence-electron chi connectivity index (χ2n) is 8.75. The molecule has 0 saturated heterocycles. The van der Waals surface area contributed by atoms with Crippen LogP contribution < -0.4 is 9.64 Å². The number of rotatable bonds is 6. The molecular formula is C28H23F3N4O2. The van der Waals surface area contributed by atoms with Crippen molar-refractivity contribution in [2.75, 3.05) is 18.5 Å². The van der Waals surface area contributed by atoms with Gasteiger partial charge in [-0.1, -0.05) is 30.3 Å². The summed E-state index contributed by atoms with van der Waals surface area (Å²) in [4.78, 5) is 25.8. The zero-order valence-electron chi connectivity index (χ0n) is 20.0. The van der Waals surface area contributed by atoms with Crippen molar-refractivity contribution < 1.29 is 22.7 Å². The fourth-order valence-electron chi connectivity index (χ4n) is 4.18. The molecule has 0 bridgehead atoms. The highest BCUT2D eigenvalue weighted by Gasteiger charge is 2.29. The molecule has 1 aliphatic rings. The molecule has 9 heteroatoms. The van der Waals surface area contributed by atoms with Crippen LogP contribution >= 0.6 is 0 Å². The van der Waals surface area contributed by atoms with E-state index in [4.69, 9.17) is 9.72 Å². The van der Waals surface area contributed by atoms with E-state index in [0.717, 1.165) is 17.7 Å². The Morgan fingerprint density at radius 2 is 1.70 bits per heavy atom. The van der Waals surface area contributed by atoms with Crippen molar-refractivity contribution in [1.29, 1.82) is 0 Å².